The molecule has 0 amide bonds. The van der Waals surface area contributed by atoms with Crippen LogP contribution < -0.4 is 11.1 Å². The van der Waals surface area contributed by atoms with Crippen LogP contribution in [-0.4, -0.2) is 30.6 Å². The van der Waals surface area contributed by atoms with Crippen LogP contribution in [-0.2, 0) is 6.54 Å². The van der Waals surface area contributed by atoms with E-state index in [9.17, 15) is 0 Å². The van der Waals surface area contributed by atoms with Crippen molar-refractivity contribution in [3.8, 4) is 0 Å². The average molecular weight is 303 g/mol. The number of benzene rings is 1. The molecule has 1 atom stereocenters. The van der Waals surface area contributed by atoms with Crippen LogP contribution in [0.25, 0.3) is 0 Å². The molecule has 22 heavy (non-hydrogen) atoms. The molecule has 0 bridgehead atoms. The lowest BCUT2D eigenvalue weighted by Gasteiger charge is -2.30. The quantitative estimate of drug-likeness (QED) is 0.807. The fourth-order valence-corrected chi connectivity index (χ4v) is 3.14. The maximum Gasteiger partial charge on any atom is 0.0340 e. The molecular formula is C19H33N3. The molecule has 0 spiro atoms. The Kier molecular flexibility index (Phi) is 6.71. The van der Waals surface area contributed by atoms with E-state index in [2.05, 4.69) is 55.3 Å². The highest BCUT2D eigenvalue weighted by atomic mass is 15.1. The van der Waals surface area contributed by atoms with Gasteiger partial charge >= 0.3 is 0 Å². The van der Waals surface area contributed by atoms with Gasteiger partial charge in [-0.15, -0.1) is 0 Å². The van der Waals surface area contributed by atoms with E-state index in [1.807, 2.05) is 0 Å². The Morgan fingerprint density at radius 1 is 1.18 bits per heavy atom. The van der Waals surface area contributed by atoms with Gasteiger partial charge in [0, 0.05) is 24.8 Å². The molecular weight excluding hydrogens is 270 g/mol. The van der Waals surface area contributed by atoms with Gasteiger partial charge in [0.2, 0.25) is 0 Å². The van der Waals surface area contributed by atoms with Crippen LogP contribution in [0.1, 0.15) is 45.6 Å². The third-order valence-electron chi connectivity index (χ3n) is 4.58. The minimum Gasteiger partial charge on any atom is -0.383 e. The number of nitrogens with one attached hydrogen (secondary N) is 1. The number of likely N-dealkylation sites (tertiary alicyclic amines) is 1. The highest BCUT2D eigenvalue weighted by Gasteiger charge is 2.15. The summed E-state index contributed by atoms with van der Waals surface area (Å²) in [5, 5.41) is 3.45. The zero-order valence-corrected chi connectivity index (χ0v) is 14.5. The molecule has 1 aliphatic heterocycles. The summed E-state index contributed by atoms with van der Waals surface area (Å²) < 4.78 is 0. The molecule has 1 saturated heterocycles. The van der Waals surface area contributed by atoms with Crippen molar-refractivity contribution in [2.24, 2.45) is 17.6 Å². The van der Waals surface area contributed by atoms with E-state index < -0.39 is 0 Å². The molecule has 1 fully saturated rings. The Labute approximate surface area is 136 Å². The lowest BCUT2D eigenvalue weighted by atomic mass is 9.99. The summed E-state index contributed by atoms with van der Waals surface area (Å²) in [4.78, 5) is 2.57. The predicted molar refractivity (Wildman–Crippen MR) is 96.0 cm³/mol. The van der Waals surface area contributed by atoms with Crippen LogP contribution in [0.15, 0.2) is 24.3 Å². The summed E-state index contributed by atoms with van der Waals surface area (Å²) in [6.45, 7) is 11.2. The van der Waals surface area contributed by atoms with Crippen molar-refractivity contribution in [2.45, 2.75) is 52.6 Å². The number of anilines is 1. The van der Waals surface area contributed by atoms with E-state index in [1.54, 1.807) is 0 Å². The summed E-state index contributed by atoms with van der Waals surface area (Å²) in [7, 11) is 0. The van der Waals surface area contributed by atoms with Crippen LogP contribution in [0.3, 0.4) is 0 Å². The van der Waals surface area contributed by atoms with Crippen molar-refractivity contribution in [1.82, 2.24) is 4.90 Å². The first-order chi connectivity index (χ1) is 10.5. The van der Waals surface area contributed by atoms with Crippen LogP contribution in [0.4, 0.5) is 5.69 Å². The highest BCUT2D eigenvalue weighted by Crippen LogP contribution is 2.19. The first-order valence-corrected chi connectivity index (χ1v) is 8.83. The Morgan fingerprint density at radius 3 is 2.41 bits per heavy atom. The largest absolute Gasteiger partial charge is 0.383 e. The fraction of sp³-hybridized carbons (Fsp3) is 0.684. The van der Waals surface area contributed by atoms with Gasteiger partial charge in [-0.3, -0.25) is 4.90 Å². The molecule has 0 aromatic heterocycles. The molecule has 1 aromatic rings. The predicted octanol–water partition coefficient (Wildman–Crippen LogP) is 3.70. The van der Waals surface area contributed by atoms with Gasteiger partial charge in [0.15, 0.2) is 0 Å². The van der Waals surface area contributed by atoms with Gasteiger partial charge in [0.25, 0.3) is 0 Å². The number of hydrogen-bond donors (Lipinski definition) is 2. The number of hydrogen-bond acceptors (Lipinski definition) is 3. The minimum atomic E-state index is 0.231. The molecule has 1 heterocycles. The summed E-state index contributed by atoms with van der Waals surface area (Å²) in [6, 6.07) is 9.09. The normalized spacial score (nSPS) is 18.6. The molecule has 2 rings (SSSR count). The third-order valence-corrected chi connectivity index (χ3v) is 4.58. The van der Waals surface area contributed by atoms with Crippen molar-refractivity contribution in [3.63, 3.8) is 0 Å². The molecule has 1 aromatic carbocycles. The molecule has 0 saturated carbocycles. The minimum absolute atomic E-state index is 0.231. The van der Waals surface area contributed by atoms with Gasteiger partial charge < -0.3 is 11.1 Å². The Balaban J connectivity index is 1.75. The molecule has 3 N–H and O–H groups in total. The second-order valence-electron chi connectivity index (χ2n) is 7.43. The van der Waals surface area contributed by atoms with Gasteiger partial charge in [-0.05, 0) is 61.9 Å². The summed E-state index contributed by atoms with van der Waals surface area (Å²) >= 11 is 0. The molecule has 0 radical (unpaired) electrons. The number of rotatable bonds is 7. The standard InChI is InChI=1S/C19H33N3/c1-15(2)12-18(20)13-21-19-6-4-17(5-7-19)14-22-10-8-16(3)9-11-22/h4-7,15-16,18,21H,8-14,20H2,1-3H3. The van der Waals surface area contributed by atoms with E-state index >= 15 is 0 Å². The fourth-order valence-electron chi connectivity index (χ4n) is 3.14. The van der Waals surface area contributed by atoms with Crippen molar-refractivity contribution in [3.05, 3.63) is 29.8 Å². The van der Waals surface area contributed by atoms with E-state index in [1.165, 1.54) is 37.2 Å². The Morgan fingerprint density at radius 2 is 1.82 bits per heavy atom. The number of nitrogens with zero attached hydrogens (tertiary/aromatic N) is 1. The first kappa shape index (κ1) is 17.3. The monoisotopic (exact) mass is 303 g/mol. The first-order valence-electron chi connectivity index (χ1n) is 8.83. The molecule has 1 aliphatic rings. The van der Waals surface area contributed by atoms with Crippen molar-refractivity contribution in [2.75, 3.05) is 25.0 Å². The topological polar surface area (TPSA) is 41.3 Å². The van der Waals surface area contributed by atoms with E-state index in [-0.39, 0.29) is 6.04 Å². The molecule has 3 heteroatoms. The van der Waals surface area contributed by atoms with Gasteiger partial charge in [-0.1, -0.05) is 32.9 Å². The summed E-state index contributed by atoms with van der Waals surface area (Å²) in [5.74, 6) is 1.56. The Bertz CT molecular complexity index is 419. The smallest absolute Gasteiger partial charge is 0.0340 e. The third kappa shape index (κ3) is 5.98. The lowest BCUT2D eigenvalue weighted by Crippen LogP contribution is -2.32. The highest BCUT2D eigenvalue weighted by molar-refractivity contribution is 5.44. The zero-order valence-electron chi connectivity index (χ0n) is 14.5. The van der Waals surface area contributed by atoms with Crippen LogP contribution >= 0.6 is 0 Å². The molecule has 124 valence electrons. The van der Waals surface area contributed by atoms with E-state index in [0.29, 0.717) is 5.92 Å². The van der Waals surface area contributed by atoms with Crippen LogP contribution in [0.2, 0.25) is 0 Å². The second-order valence-corrected chi connectivity index (χ2v) is 7.43. The van der Waals surface area contributed by atoms with Gasteiger partial charge in [-0.2, -0.15) is 0 Å². The van der Waals surface area contributed by atoms with Gasteiger partial charge in [0.1, 0.15) is 0 Å². The summed E-state index contributed by atoms with van der Waals surface area (Å²) in [5.41, 5.74) is 8.70. The molecule has 3 nitrogen and oxygen atoms in total. The molecule has 1 unspecified atom stereocenters. The number of nitrogens with two attached hydrogens (primary N) is 1. The van der Waals surface area contributed by atoms with Gasteiger partial charge in [-0.25, -0.2) is 0 Å². The Hall–Kier alpha value is -1.06. The average Bonchev–Trinajstić information content (AvgIpc) is 2.48. The maximum atomic E-state index is 6.12. The van der Waals surface area contributed by atoms with E-state index in [0.717, 1.165) is 25.4 Å². The van der Waals surface area contributed by atoms with Crippen LogP contribution in [0, 0.1) is 11.8 Å². The van der Waals surface area contributed by atoms with Gasteiger partial charge in [0.05, 0.1) is 0 Å². The zero-order chi connectivity index (χ0) is 15.9. The second kappa shape index (κ2) is 8.54. The lowest BCUT2D eigenvalue weighted by molar-refractivity contribution is 0.185. The van der Waals surface area contributed by atoms with Crippen molar-refractivity contribution in [1.29, 1.82) is 0 Å². The van der Waals surface area contributed by atoms with Crippen LogP contribution in [0.5, 0.6) is 0 Å². The SMILES string of the molecule is CC(C)CC(N)CNc1ccc(CN2CCC(C)CC2)cc1. The molecule has 0 aliphatic carbocycles. The maximum absolute atomic E-state index is 6.12. The summed E-state index contributed by atoms with van der Waals surface area (Å²) in [6.07, 6.45) is 3.75. The van der Waals surface area contributed by atoms with Crippen molar-refractivity contribution >= 4 is 5.69 Å². The number of piperidine rings is 1. The van der Waals surface area contributed by atoms with E-state index in [4.69, 9.17) is 5.73 Å². The van der Waals surface area contributed by atoms with Crippen molar-refractivity contribution < 1.29 is 0 Å².